The van der Waals surface area contributed by atoms with Gasteiger partial charge in [0.2, 0.25) is 0 Å². The maximum atomic E-state index is 14.8. The summed E-state index contributed by atoms with van der Waals surface area (Å²) in [4.78, 5) is 34.0. The zero-order valence-electron chi connectivity index (χ0n) is 17.6. The molecule has 0 atom stereocenters. The fourth-order valence-corrected chi connectivity index (χ4v) is 7.41. The Kier molecular flexibility index (Phi) is 5.60. The Morgan fingerprint density at radius 3 is 2.55 bits per heavy atom. The molecule has 2 N–H and O–H groups in total. The number of hydrogen-bond acceptors (Lipinski definition) is 6. The first-order chi connectivity index (χ1) is 15.9. The summed E-state index contributed by atoms with van der Waals surface area (Å²) in [6, 6.07) is 10.4. The van der Waals surface area contributed by atoms with Gasteiger partial charge in [-0.05, 0) is 0 Å². The molecule has 1 fully saturated rings. The Balaban J connectivity index is 1.42. The summed E-state index contributed by atoms with van der Waals surface area (Å²) in [6.07, 6.45) is 4.58. The Morgan fingerprint density at radius 2 is 1.79 bits per heavy atom. The molecule has 170 valence electrons. The average molecular weight is 469 g/mol. The molecule has 5 rings (SSSR count). The molecule has 2 aromatic heterocycles. The van der Waals surface area contributed by atoms with E-state index in [0.29, 0.717) is 54.2 Å². The topological polar surface area (TPSA) is 95.0 Å². The van der Waals surface area contributed by atoms with Gasteiger partial charge in [-0.1, -0.05) is 0 Å². The van der Waals surface area contributed by atoms with Crippen molar-refractivity contribution in [2.45, 2.75) is 6.42 Å². The molecular weight excluding hydrogens is 447 g/mol. The number of benzene rings is 2. The average Bonchev–Trinajstić information content (AvgIpc) is 2.83. The number of nitrogens with one attached hydrogen (secondary N) is 1. The van der Waals surface area contributed by atoms with Gasteiger partial charge in [0.1, 0.15) is 0 Å². The van der Waals surface area contributed by atoms with E-state index in [1.807, 2.05) is 4.90 Å². The van der Waals surface area contributed by atoms with Crippen molar-refractivity contribution in [3.8, 4) is 0 Å². The number of halogens is 2. The summed E-state index contributed by atoms with van der Waals surface area (Å²) in [5, 5.41) is 7.66. The normalized spacial score (nSPS) is 16.6. The molecule has 1 aliphatic rings. The SMILES string of the molecule is O=c1[nH]nc(Cc2ccc(F)c([PH]3(O)CCN(c4ncccn4)CC3)c2)c2ccc(F)cc12. The van der Waals surface area contributed by atoms with Gasteiger partial charge in [-0.2, -0.15) is 0 Å². The van der Waals surface area contributed by atoms with Crippen LogP contribution in [0, 0.1) is 11.6 Å². The maximum absolute atomic E-state index is 14.8. The van der Waals surface area contributed by atoms with Gasteiger partial charge in [0.15, 0.2) is 0 Å². The van der Waals surface area contributed by atoms with Crippen LogP contribution in [0.4, 0.5) is 14.7 Å². The van der Waals surface area contributed by atoms with Crippen molar-refractivity contribution < 1.29 is 13.7 Å². The van der Waals surface area contributed by atoms with E-state index in [9.17, 15) is 18.5 Å². The van der Waals surface area contributed by atoms with Crippen molar-refractivity contribution >= 4 is 29.5 Å². The van der Waals surface area contributed by atoms with E-state index in [2.05, 4.69) is 20.2 Å². The molecule has 10 heteroatoms. The molecule has 0 aliphatic carbocycles. The molecule has 0 amide bonds. The van der Waals surface area contributed by atoms with Gasteiger partial charge in [0.05, 0.1) is 0 Å². The second-order valence-electron chi connectivity index (χ2n) is 8.25. The summed E-state index contributed by atoms with van der Waals surface area (Å²) in [6.45, 7) is 1.10. The number of anilines is 1. The van der Waals surface area contributed by atoms with Crippen LogP contribution in [-0.2, 0) is 6.42 Å². The molecule has 2 aromatic carbocycles. The zero-order chi connectivity index (χ0) is 23.0. The number of H-pyrrole nitrogens is 1. The predicted molar refractivity (Wildman–Crippen MR) is 126 cm³/mol. The van der Waals surface area contributed by atoms with E-state index < -0.39 is 24.7 Å². The van der Waals surface area contributed by atoms with Gasteiger partial charge < -0.3 is 0 Å². The fourth-order valence-electron chi connectivity index (χ4n) is 4.36. The molecule has 0 bridgehead atoms. The van der Waals surface area contributed by atoms with Gasteiger partial charge in [0.25, 0.3) is 0 Å². The van der Waals surface area contributed by atoms with Crippen LogP contribution in [-0.4, -0.2) is 50.5 Å². The van der Waals surface area contributed by atoms with Gasteiger partial charge >= 0.3 is 188 Å². The van der Waals surface area contributed by atoms with Gasteiger partial charge in [-0.3, -0.25) is 0 Å². The third kappa shape index (κ3) is 4.21. The zero-order valence-corrected chi connectivity index (χ0v) is 18.6. The molecule has 1 saturated heterocycles. The van der Waals surface area contributed by atoms with Crippen LogP contribution in [0.5, 0.6) is 0 Å². The Morgan fingerprint density at radius 1 is 1.03 bits per heavy atom. The molecule has 7 nitrogen and oxygen atoms in total. The Hall–Kier alpha value is -3.29. The van der Waals surface area contributed by atoms with E-state index in [0.717, 1.165) is 5.56 Å². The standard InChI is InChI=1S/C23H22F2N5O2P/c24-16-3-4-17-18(14-16)22(31)29-28-20(17)12-15-2-5-19(25)21(13-15)33(32)10-8-30(9-11-33)23-26-6-1-7-27-23/h1-7,13-14,32-33H,8-12H2,(H,29,31). The number of hydrogen-bond donors (Lipinski definition) is 2. The van der Waals surface area contributed by atoms with Crippen LogP contribution >= 0.6 is 7.49 Å². The first-order valence-corrected chi connectivity index (χ1v) is 13.0. The summed E-state index contributed by atoms with van der Waals surface area (Å²) in [5.74, 6) is -0.316. The molecule has 0 unspecified atom stereocenters. The summed E-state index contributed by atoms with van der Waals surface area (Å²) in [7, 11) is -3.05. The second-order valence-corrected chi connectivity index (χ2v) is 11.8. The quantitative estimate of drug-likeness (QED) is 0.446. The van der Waals surface area contributed by atoms with E-state index in [1.165, 1.54) is 24.3 Å². The van der Waals surface area contributed by atoms with Crippen LogP contribution < -0.4 is 15.8 Å². The minimum atomic E-state index is -3.05. The Bertz CT molecular complexity index is 1370. The van der Waals surface area contributed by atoms with Crippen molar-refractivity contribution in [1.82, 2.24) is 20.2 Å². The monoisotopic (exact) mass is 469 g/mol. The molecule has 0 spiro atoms. The predicted octanol–water partition coefficient (Wildman–Crippen LogP) is 2.38. The van der Waals surface area contributed by atoms with Crippen molar-refractivity contribution in [2.75, 3.05) is 30.3 Å². The van der Waals surface area contributed by atoms with Gasteiger partial charge in [-0.25, -0.2) is 0 Å². The van der Waals surface area contributed by atoms with E-state index in [-0.39, 0.29) is 5.39 Å². The van der Waals surface area contributed by atoms with Crippen molar-refractivity contribution in [3.63, 3.8) is 0 Å². The summed E-state index contributed by atoms with van der Waals surface area (Å²) in [5.41, 5.74) is 0.835. The molecular formula is C23H22F2N5O2P. The molecule has 0 radical (unpaired) electrons. The van der Waals surface area contributed by atoms with Gasteiger partial charge in [0, 0.05) is 0 Å². The third-order valence-electron chi connectivity index (χ3n) is 6.16. The van der Waals surface area contributed by atoms with Crippen LogP contribution in [0.15, 0.2) is 59.7 Å². The third-order valence-corrected chi connectivity index (χ3v) is 9.65. The molecule has 3 heterocycles. The van der Waals surface area contributed by atoms with E-state index in [4.69, 9.17) is 0 Å². The van der Waals surface area contributed by atoms with Crippen LogP contribution in [0.3, 0.4) is 0 Å². The van der Waals surface area contributed by atoms with Crippen LogP contribution in [0.2, 0.25) is 0 Å². The number of fused-ring (bicyclic) bond motifs is 1. The second kappa shape index (κ2) is 8.57. The molecule has 0 saturated carbocycles. The Labute approximate surface area is 188 Å². The van der Waals surface area contributed by atoms with Crippen LogP contribution in [0.25, 0.3) is 10.8 Å². The summed E-state index contributed by atoms with van der Waals surface area (Å²) >= 11 is 0. The van der Waals surface area contributed by atoms with Crippen LogP contribution in [0.1, 0.15) is 11.3 Å². The molecule has 1 aliphatic heterocycles. The number of nitrogens with zero attached hydrogens (tertiary/aromatic N) is 4. The number of rotatable bonds is 4. The van der Waals surface area contributed by atoms with Crippen molar-refractivity contribution in [3.05, 3.63) is 88.1 Å². The summed E-state index contributed by atoms with van der Waals surface area (Å²) < 4.78 is 28.4. The first-order valence-electron chi connectivity index (χ1n) is 10.6. The van der Waals surface area contributed by atoms with E-state index >= 15 is 0 Å². The molecule has 4 aromatic rings. The van der Waals surface area contributed by atoms with E-state index in [1.54, 1.807) is 30.6 Å². The van der Waals surface area contributed by atoms with Crippen molar-refractivity contribution in [2.24, 2.45) is 0 Å². The minimum absolute atomic E-state index is 0.214. The molecule has 33 heavy (non-hydrogen) atoms. The number of aromatic amines is 1. The number of aromatic nitrogens is 4. The van der Waals surface area contributed by atoms with Crippen molar-refractivity contribution in [1.29, 1.82) is 0 Å². The fraction of sp³-hybridized carbons (Fsp3) is 0.217. The first kappa shape index (κ1) is 21.6. The van der Waals surface area contributed by atoms with Gasteiger partial charge in [-0.15, -0.1) is 0 Å².